The highest BCUT2D eigenvalue weighted by atomic mass is 19.1. The van der Waals surface area contributed by atoms with Gasteiger partial charge in [0.25, 0.3) is 5.91 Å². The van der Waals surface area contributed by atoms with Crippen LogP contribution in [0.4, 0.5) is 14.9 Å². The Morgan fingerprint density at radius 3 is 2.53 bits per heavy atom. The molecular weight excluding hydrogens is 389 g/mol. The zero-order chi connectivity index (χ0) is 21.9. The molecule has 2 aromatic carbocycles. The highest BCUT2D eigenvalue weighted by molar-refractivity contribution is 6.09. The van der Waals surface area contributed by atoms with Crippen LogP contribution in [-0.4, -0.2) is 41.9 Å². The summed E-state index contributed by atoms with van der Waals surface area (Å²) in [5.74, 6) is -0.983. The van der Waals surface area contributed by atoms with E-state index in [0.29, 0.717) is 18.4 Å². The molecule has 1 aliphatic heterocycles. The van der Waals surface area contributed by atoms with Crippen LogP contribution in [0.3, 0.4) is 0 Å². The number of hydrogen-bond donors (Lipinski definition) is 2. The summed E-state index contributed by atoms with van der Waals surface area (Å²) in [5.41, 5.74) is 0.587. The van der Waals surface area contributed by atoms with Gasteiger partial charge in [-0.15, -0.1) is 0 Å². The van der Waals surface area contributed by atoms with Gasteiger partial charge in [-0.05, 0) is 62.1 Å². The maximum Gasteiger partial charge on any atom is 0.325 e. The molecular formula is C22H24FN3O4. The molecule has 0 bridgehead atoms. The predicted molar refractivity (Wildman–Crippen MR) is 110 cm³/mol. The van der Waals surface area contributed by atoms with Crippen molar-refractivity contribution in [3.63, 3.8) is 0 Å². The van der Waals surface area contributed by atoms with Gasteiger partial charge in [-0.3, -0.25) is 14.5 Å². The number of halogens is 1. The Hall–Kier alpha value is -3.42. The summed E-state index contributed by atoms with van der Waals surface area (Å²) in [6, 6.07) is 11.2. The first kappa shape index (κ1) is 21.3. The molecule has 158 valence electrons. The number of amides is 4. The number of rotatable bonds is 7. The summed E-state index contributed by atoms with van der Waals surface area (Å²) in [4.78, 5) is 38.3. The van der Waals surface area contributed by atoms with Crippen LogP contribution in [0.5, 0.6) is 5.75 Å². The highest BCUT2D eigenvalue weighted by Gasteiger charge is 2.47. The number of hydrogen-bond acceptors (Lipinski definition) is 4. The van der Waals surface area contributed by atoms with Crippen molar-refractivity contribution < 1.29 is 23.5 Å². The number of imide groups is 1. The molecule has 8 heteroatoms. The van der Waals surface area contributed by atoms with Crippen molar-refractivity contribution in [2.45, 2.75) is 32.2 Å². The summed E-state index contributed by atoms with van der Waals surface area (Å²) >= 11 is 0. The summed E-state index contributed by atoms with van der Waals surface area (Å²) in [6.07, 6.45) is 0.926. The molecule has 2 N–H and O–H groups in total. The van der Waals surface area contributed by atoms with E-state index in [2.05, 4.69) is 10.6 Å². The number of nitrogens with one attached hydrogen (secondary N) is 2. The van der Waals surface area contributed by atoms with Crippen molar-refractivity contribution in [2.24, 2.45) is 0 Å². The molecule has 30 heavy (non-hydrogen) atoms. The number of carbonyl (C=O) groups is 3. The molecule has 0 aromatic heterocycles. The molecule has 0 saturated carbocycles. The lowest BCUT2D eigenvalue weighted by molar-refractivity contribution is -0.133. The topological polar surface area (TPSA) is 87.7 Å². The lowest BCUT2D eigenvalue weighted by atomic mass is 9.93. The smallest absolute Gasteiger partial charge is 0.325 e. The maximum atomic E-state index is 13.9. The minimum Gasteiger partial charge on any atom is -0.497 e. The van der Waals surface area contributed by atoms with Crippen molar-refractivity contribution in [3.8, 4) is 5.75 Å². The molecule has 0 spiro atoms. The molecule has 1 saturated heterocycles. The average Bonchev–Trinajstić information content (AvgIpc) is 2.92. The van der Waals surface area contributed by atoms with Gasteiger partial charge in [0.05, 0.1) is 12.8 Å². The number of urea groups is 1. The quantitative estimate of drug-likeness (QED) is 0.683. The number of ether oxygens (including phenoxy) is 1. The fraction of sp³-hybridized carbons (Fsp3) is 0.318. The SMILES string of the molecule is COc1ccc(CC[C@]2(C)NC(=O)N(CC(=O)Nc3ccc(C)cc3F)C2=O)cc1. The molecule has 0 aliphatic carbocycles. The van der Waals surface area contributed by atoms with Gasteiger partial charge >= 0.3 is 6.03 Å². The first-order valence-electron chi connectivity index (χ1n) is 9.55. The molecule has 2 aromatic rings. The third-order valence-electron chi connectivity index (χ3n) is 5.12. The fourth-order valence-corrected chi connectivity index (χ4v) is 3.30. The molecule has 7 nitrogen and oxygen atoms in total. The average molecular weight is 413 g/mol. The lowest BCUT2D eigenvalue weighted by Crippen LogP contribution is -2.45. The monoisotopic (exact) mass is 413 g/mol. The van der Waals surface area contributed by atoms with E-state index in [-0.39, 0.29) is 5.69 Å². The summed E-state index contributed by atoms with van der Waals surface area (Å²) in [5, 5.41) is 5.07. The molecule has 1 fully saturated rings. The molecule has 3 rings (SSSR count). The van der Waals surface area contributed by atoms with E-state index in [1.54, 1.807) is 27.0 Å². The first-order valence-corrected chi connectivity index (χ1v) is 9.55. The molecule has 1 atom stereocenters. The van der Waals surface area contributed by atoms with Crippen molar-refractivity contribution in [3.05, 3.63) is 59.4 Å². The molecule has 1 aliphatic rings. The van der Waals surface area contributed by atoms with E-state index in [0.717, 1.165) is 16.2 Å². The summed E-state index contributed by atoms with van der Waals surface area (Å²) in [6.45, 7) is 2.87. The van der Waals surface area contributed by atoms with Gasteiger partial charge in [0.2, 0.25) is 5.91 Å². The third kappa shape index (κ3) is 4.59. The van der Waals surface area contributed by atoms with Gasteiger partial charge in [-0.25, -0.2) is 9.18 Å². The Labute approximate surface area is 174 Å². The van der Waals surface area contributed by atoms with E-state index in [1.165, 1.54) is 12.1 Å². The van der Waals surface area contributed by atoms with Crippen molar-refractivity contribution in [1.29, 1.82) is 0 Å². The molecule has 0 radical (unpaired) electrons. The van der Waals surface area contributed by atoms with Crippen LogP contribution in [-0.2, 0) is 16.0 Å². The Kier molecular flexibility index (Phi) is 6.05. The number of aryl methyl sites for hydroxylation is 2. The molecule has 0 unspecified atom stereocenters. The number of carbonyl (C=O) groups excluding carboxylic acids is 3. The molecule has 1 heterocycles. The van der Waals surface area contributed by atoms with Gasteiger partial charge < -0.3 is 15.4 Å². The predicted octanol–water partition coefficient (Wildman–Crippen LogP) is 3.02. The van der Waals surface area contributed by atoms with Gasteiger partial charge in [-0.1, -0.05) is 18.2 Å². The van der Waals surface area contributed by atoms with Gasteiger partial charge in [0, 0.05) is 0 Å². The minimum absolute atomic E-state index is 0.0000726. The van der Waals surface area contributed by atoms with Crippen LogP contribution in [0.15, 0.2) is 42.5 Å². The largest absolute Gasteiger partial charge is 0.497 e. The zero-order valence-corrected chi connectivity index (χ0v) is 17.1. The van der Waals surface area contributed by atoms with Crippen LogP contribution < -0.4 is 15.4 Å². The lowest BCUT2D eigenvalue weighted by Gasteiger charge is -2.21. The Morgan fingerprint density at radius 1 is 1.20 bits per heavy atom. The van der Waals surface area contributed by atoms with E-state index < -0.39 is 35.7 Å². The van der Waals surface area contributed by atoms with Crippen LogP contribution in [0, 0.1) is 12.7 Å². The number of benzene rings is 2. The van der Waals surface area contributed by atoms with E-state index >= 15 is 0 Å². The second-order valence-corrected chi connectivity index (χ2v) is 7.53. The van der Waals surface area contributed by atoms with Crippen LogP contribution in [0.25, 0.3) is 0 Å². The Bertz CT molecular complexity index is 977. The van der Waals surface area contributed by atoms with Crippen LogP contribution in [0.2, 0.25) is 0 Å². The van der Waals surface area contributed by atoms with E-state index in [9.17, 15) is 18.8 Å². The number of anilines is 1. The number of nitrogens with zero attached hydrogens (tertiary/aromatic N) is 1. The maximum absolute atomic E-state index is 13.9. The zero-order valence-electron chi connectivity index (χ0n) is 17.1. The van der Waals surface area contributed by atoms with Crippen LogP contribution >= 0.6 is 0 Å². The molecule has 4 amide bonds. The Balaban J connectivity index is 1.62. The summed E-state index contributed by atoms with van der Waals surface area (Å²) < 4.78 is 19.1. The Morgan fingerprint density at radius 2 is 1.90 bits per heavy atom. The fourth-order valence-electron chi connectivity index (χ4n) is 3.30. The number of methoxy groups -OCH3 is 1. The standard InChI is InChI=1S/C22H24FN3O4/c1-14-4-9-18(17(23)12-14)24-19(27)13-26-20(28)22(2,25-21(26)29)11-10-15-5-7-16(30-3)8-6-15/h4-9,12H,10-11,13H2,1-3H3,(H,24,27)(H,25,29)/t22-/m0/s1. The second-order valence-electron chi connectivity index (χ2n) is 7.53. The highest BCUT2D eigenvalue weighted by Crippen LogP contribution is 2.24. The van der Waals surface area contributed by atoms with Crippen molar-refractivity contribution >= 4 is 23.5 Å². The summed E-state index contributed by atoms with van der Waals surface area (Å²) in [7, 11) is 1.58. The third-order valence-corrected chi connectivity index (χ3v) is 5.12. The van der Waals surface area contributed by atoms with Gasteiger partial charge in [0.15, 0.2) is 0 Å². The van der Waals surface area contributed by atoms with Crippen LogP contribution in [0.1, 0.15) is 24.5 Å². The van der Waals surface area contributed by atoms with Gasteiger partial charge in [-0.2, -0.15) is 0 Å². The first-order chi connectivity index (χ1) is 14.2. The second kappa shape index (κ2) is 8.52. The van der Waals surface area contributed by atoms with Gasteiger partial charge in [0.1, 0.15) is 23.7 Å². The van der Waals surface area contributed by atoms with Crippen molar-refractivity contribution in [1.82, 2.24) is 10.2 Å². The van der Waals surface area contributed by atoms with E-state index in [4.69, 9.17) is 4.74 Å². The minimum atomic E-state index is -1.12. The van der Waals surface area contributed by atoms with E-state index in [1.807, 2.05) is 24.3 Å². The normalized spacial score (nSPS) is 18.3. The van der Waals surface area contributed by atoms with Crippen molar-refractivity contribution in [2.75, 3.05) is 19.0 Å².